The van der Waals surface area contributed by atoms with Gasteiger partial charge in [-0.25, -0.2) is 4.39 Å². The van der Waals surface area contributed by atoms with Crippen LogP contribution in [0.25, 0.3) is 0 Å². The fraction of sp³-hybridized carbons (Fsp3) is 0.263. The van der Waals surface area contributed by atoms with E-state index in [1.807, 2.05) is 6.07 Å². The minimum Gasteiger partial charge on any atom is -0.398 e. The van der Waals surface area contributed by atoms with Crippen LogP contribution in [0.1, 0.15) is 51.4 Å². The lowest BCUT2D eigenvalue weighted by Gasteiger charge is -2.15. The molecule has 2 aromatic rings. The van der Waals surface area contributed by atoms with Crippen molar-refractivity contribution in [2.75, 3.05) is 5.73 Å². The molecule has 8 heteroatoms. The molecule has 1 aliphatic carbocycles. The van der Waals surface area contributed by atoms with E-state index in [0.29, 0.717) is 34.9 Å². The van der Waals surface area contributed by atoms with Crippen molar-refractivity contribution < 1.29 is 22.4 Å². The molecule has 0 aromatic heterocycles. The summed E-state index contributed by atoms with van der Waals surface area (Å²) in [5.74, 6) is -1.86. The fourth-order valence-corrected chi connectivity index (χ4v) is 3.00. The lowest BCUT2D eigenvalue weighted by atomic mass is 9.96. The summed E-state index contributed by atoms with van der Waals surface area (Å²) in [5, 5.41) is 10.1. The number of rotatable bonds is 5. The third kappa shape index (κ3) is 3.94. The van der Waals surface area contributed by atoms with Gasteiger partial charge >= 0.3 is 6.18 Å². The highest BCUT2D eigenvalue weighted by Crippen LogP contribution is 2.43. The van der Waals surface area contributed by atoms with Gasteiger partial charge in [-0.05, 0) is 54.2 Å². The molecule has 27 heavy (non-hydrogen) atoms. The quantitative estimate of drug-likeness (QED) is 0.413. The van der Waals surface area contributed by atoms with Crippen molar-refractivity contribution in [1.82, 2.24) is 5.32 Å². The second-order valence-corrected chi connectivity index (χ2v) is 6.43. The normalized spacial score (nSPS) is 14.1. The molecule has 0 bridgehead atoms. The van der Waals surface area contributed by atoms with Crippen molar-refractivity contribution in [3.8, 4) is 0 Å². The average molecular weight is 379 g/mol. The number of nitrogens with two attached hydrogens (primary N) is 1. The summed E-state index contributed by atoms with van der Waals surface area (Å²) in [7, 11) is 0. The van der Waals surface area contributed by atoms with Crippen LogP contribution in [-0.4, -0.2) is 12.1 Å². The van der Waals surface area contributed by atoms with Crippen LogP contribution in [0, 0.1) is 11.2 Å². The number of anilines is 1. The molecule has 0 saturated heterocycles. The fourth-order valence-electron chi connectivity index (χ4n) is 3.00. The molecule has 0 radical (unpaired) electrons. The Morgan fingerprint density at radius 1 is 1.26 bits per heavy atom. The Bertz CT molecular complexity index is 905. The van der Waals surface area contributed by atoms with E-state index < -0.39 is 23.5 Å². The number of benzene rings is 2. The van der Waals surface area contributed by atoms with Crippen molar-refractivity contribution in [1.29, 1.82) is 5.41 Å². The predicted octanol–water partition coefficient (Wildman–Crippen LogP) is 4.23. The Labute approximate surface area is 152 Å². The maximum atomic E-state index is 13.4. The molecule has 1 amide bonds. The van der Waals surface area contributed by atoms with Crippen molar-refractivity contribution >= 4 is 17.8 Å². The molecule has 142 valence electrons. The first-order chi connectivity index (χ1) is 12.7. The smallest absolute Gasteiger partial charge is 0.398 e. The number of hydrogen-bond donors (Lipinski definition) is 3. The first-order valence-corrected chi connectivity index (χ1v) is 8.29. The van der Waals surface area contributed by atoms with E-state index in [1.165, 1.54) is 0 Å². The third-order valence-corrected chi connectivity index (χ3v) is 4.55. The Morgan fingerprint density at radius 2 is 1.96 bits per heavy atom. The molecule has 2 aromatic carbocycles. The minimum atomic E-state index is -4.89. The van der Waals surface area contributed by atoms with E-state index in [4.69, 9.17) is 11.1 Å². The third-order valence-electron chi connectivity index (χ3n) is 4.55. The molecule has 0 heterocycles. The van der Waals surface area contributed by atoms with Crippen molar-refractivity contribution in [3.63, 3.8) is 0 Å². The zero-order valence-electron chi connectivity index (χ0n) is 14.2. The Morgan fingerprint density at radius 3 is 2.56 bits per heavy atom. The summed E-state index contributed by atoms with van der Waals surface area (Å²) in [5.41, 5.74) is 6.63. The van der Waals surface area contributed by atoms with E-state index in [0.717, 1.165) is 30.7 Å². The molecule has 4 nitrogen and oxygen atoms in total. The Kier molecular flexibility index (Phi) is 4.91. The van der Waals surface area contributed by atoms with E-state index in [-0.39, 0.29) is 12.1 Å². The van der Waals surface area contributed by atoms with Gasteiger partial charge in [0, 0.05) is 29.6 Å². The van der Waals surface area contributed by atoms with Crippen molar-refractivity contribution in [3.05, 3.63) is 64.0 Å². The van der Waals surface area contributed by atoms with Crippen LogP contribution >= 0.6 is 0 Å². The highest BCUT2D eigenvalue weighted by molar-refractivity contribution is 5.95. The lowest BCUT2D eigenvalue weighted by molar-refractivity contribution is -0.140. The maximum absolute atomic E-state index is 13.4. The molecule has 0 atom stereocenters. The van der Waals surface area contributed by atoms with Gasteiger partial charge < -0.3 is 16.5 Å². The average Bonchev–Trinajstić information content (AvgIpc) is 3.44. The summed E-state index contributed by atoms with van der Waals surface area (Å²) in [6.45, 7) is 0.0130. The summed E-state index contributed by atoms with van der Waals surface area (Å²) in [6, 6.07) is 5.66. The highest BCUT2D eigenvalue weighted by atomic mass is 19.4. The summed E-state index contributed by atoms with van der Waals surface area (Å²) < 4.78 is 51.9. The molecular weight excluding hydrogens is 362 g/mol. The van der Waals surface area contributed by atoms with Crippen LogP contribution in [0.3, 0.4) is 0 Å². The van der Waals surface area contributed by atoms with Gasteiger partial charge in [-0.3, -0.25) is 4.79 Å². The topological polar surface area (TPSA) is 79.0 Å². The maximum Gasteiger partial charge on any atom is 0.419 e. The minimum absolute atomic E-state index is 0.0130. The van der Waals surface area contributed by atoms with Crippen molar-refractivity contribution in [2.24, 2.45) is 0 Å². The van der Waals surface area contributed by atoms with Gasteiger partial charge in [0.25, 0.3) is 5.91 Å². The molecular formula is C19H17F4N3O. The zero-order chi connectivity index (χ0) is 19.8. The van der Waals surface area contributed by atoms with Gasteiger partial charge in [-0.2, -0.15) is 13.2 Å². The second-order valence-electron chi connectivity index (χ2n) is 6.43. The number of halogens is 4. The van der Waals surface area contributed by atoms with Gasteiger partial charge in [-0.15, -0.1) is 0 Å². The highest BCUT2D eigenvalue weighted by Gasteiger charge is 2.34. The van der Waals surface area contributed by atoms with E-state index >= 15 is 0 Å². The lowest BCUT2D eigenvalue weighted by Crippen LogP contribution is -2.25. The Hall–Kier alpha value is -2.90. The molecule has 1 aliphatic rings. The van der Waals surface area contributed by atoms with Gasteiger partial charge in [-0.1, -0.05) is 6.07 Å². The van der Waals surface area contributed by atoms with E-state index in [1.54, 1.807) is 6.07 Å². The predicted molar refractivity (Wildman–Crippen MR) is 93.3 cm³/mol. The molecule has 1 fully saturated rings. The summed E-state index contributed by atoms with van der Waals surface area (Å²) >= 11 is 0. The van der Waals surface area contributed by atoms with Crippen LogP contribution in [0.4, 0.5) is 23.2 Å². The number of carbonyl (C=O) groups excluding carboxylic acids is 1. The SMILES string of the molecule is N=Cc1c(N)ccc(C2CC2)c1CNC(=O)c1ccc(F)c(C(F)(F)F)c1. The number of alkyl halides is 3. The summed E-state index contributed by atoms with van der Waals surface area (Å²) in [4.78, 5) is 12.3. The van der Waals surface area contributed by atoms with Gasteiger partial charge in [0.15, 0.2) is 0 Å². The van der Waals surface area contributed by atoms with Gasteiger partial charge in [0.1, 0.15) is 5.82 Å². The number of nitrogen functional groups attached to an aromatic ring is 1. The number of hydrogen-bond acceptors (Lipinski definition) is 3. The standard InChI is InChI=1S/C19H17F4N3O/c20-16-5-3-11(7-15(16)19(21,22)23)18(27)26-9-14-12(10-1-2-10)4-6-17(25)13(14)8-24/h3-8,10,24H,1-2,9,25H2,(H,26,27). The molecule has 1 saturated carbocycles. The van der Waals surface area contributed by atoms with Crippen LogP contribution in [0.2, 0.25) is 0 Å². The van der Waals surface area contributed by atoms with Crippen LogP contribution < -0.4 is 11.1 Å². The van der Waals surface area contributed by atoms with Crippen LogP contribution in [0.15, 0.2) is 30.3 Å². The van der Waals surface area contributed by atoms with E-state index in [2.05, 4.69) is 5.32 Å². The first-order valence-electron chi connectivity index (χ1n) is 8.29. The molecule has 0 unspecified atom stereocenters. The van der Waals surface area contributed by atoms with Crippen LogP contribution in [-0.2, 0) is 12.7 Å². The zero-order valence-corrected chi connectivity index (χ0v) is 14.2. The second kappa shape index (κ2) is 7.02. The molecule has 0 aliphatic heterocycles. The largest absolute Gasteiger partial charge is 0.419 e. The number of carbonyl (C=O) groups is 1. The Balaban J connectivity index is 1.85. The molecule has 0 spiro atoms. The monoisotopic (exact) mass is 379 g/mol. The van der Waals surface area contributed by atoms with Crippen molar-refractivity contribution in [2.45, 2.75) is 31.5 Å². The van der Waals surface area contributed by atoms with E-state index in [9.17, 15) is 22.4 Å². The summed E-state index contributed by atoms with van der Waals surface area (Å²) in [6.07, 6.45) is -1.80. The number of amides is 1. The molecule has 3 rings (SSSR count). The first kappa shape index (κ1) is 18.9. The molecule has 4 N–H and O–H groups in total. The van der Waals surface area contributed by atoms with Gasteiger partial charge in [0.05, 0.1) is 5.56 Å². The van der Waals surface area contributed by atoms with Gasteiger partial charge in [0.2, 0.25) is 0 Å². The van der Waals surface area contributed by atoms with Crippen LogP contribution in [0.5, 0.6) is 0 Å². The number of nitrogens with one attached hydrogen (secondary N) is 2.